The highest BCUT2D eigenvalue weighted by atomic mass is 32.2. The van der Waals surface area contributed by atoms with E-state index in [9.17, 15) is 9.59 Å². The van der Waals surface area contributed by atoms with Crippen LogP contribution >= 0.6 is 23.5 Å². The Morgan fingerprint density at radius 1 is 0.850 bits per heavy atom. The summed E-state index contributed by atoms with van der Waals surface area (Å²) in [6.07, 6.45) is 0. The maximum absolute atomic E-state index is 11.4. The van der Waals surface area contributed by atoms with Crippen LogP contribution in [0.3, 0.4) is 0 Å². The van der Waals surface area contributed by atoms with E-state index in [1.807, 2.05) is 24.3 Å². The molecule has 0 bridgehead atoms. The SMILES string of the molecule is C=C(C)C(=O)SCc1ccc(CSC(=O)C(=C)C)cc1. The van der Waals surface area contributed by atoms with Gasteiger partial charge in [-0.2, -0.15) is 0 Å². The minimum Gasteiger partial charge on any atom is -0.282 e. The summed E-state index contributed by atoms with van der Waals surface area (Å²) in [7, 11) is 0. The largest absolute Gasteiger partial charge is 0.282 e. The molecule has 0 fully saturated rings. The van der Waals surface area contributed by atoms with E-state index in [4.69, 9.17) is 0 Å². The second kappa shape index (κ2) is 8.12. The molecule has 0 N–H and O–H groups in total. The van der Waals surface area contributed by atoms with E-state index < -0.39 is 0 Å². The highest BCUT2D eigenvalue weighted by molar-refractivity contribution is 8.13. The number of rotatable bonds is 6. The van der Waals surface area contributed by atoms with Crippen molar-refractivity contribution in [2.24, 2.45) is 0 Å². The molecule has 0 aliphatic rings. The van der Waals surface area contributed by atoms with Crippen LogP contribution in [0.5, 0.6) is 0 Å². The van der Waals surface area contributed by atoms with Crippen LogP contribution in [0.1, 0.15) is 25.0 Å². The molecule has 0 unspecified atom stereocenters. The summed E-state index contributed by atoms with van der Waals surface area (Å²) in [5.74, 6) is 1.29. The first-order chi connectivity index (χ1) is 9.40. The van der Waals surface area contributed by atoms with Crippen molar-refractivity contribution in [2.75, 3.05) is 0 Å². The highest BCUT2D eigenvalue weighted by Gasteiger charge is 2.05. The Morgan fingerprint density at radius 3 is 1.40 bits per heavy atom. The molecule has 0 amide bonds. The van der Waals surface area contributed by atoms with Gasteiger partial charge in [0.05, 0.1) is 0 Å². The van der Waals surface area contributed by atoms with Gasteiger partial charge in [0.2, 0.25) is 10.2 Å². The molecule has 4 heteroatoms. The maximum Gasteiger partial charge on any atom is 0.214 e. The van der Waals surface area contributed by atoms with E-state index >= 15 is 0 Å². The summed E-state index contributed by atoms with van der Waals surface area (Å²) in [6, 6.07) is 7.94. The molecule has 0 atom stereocenters. The van der Waals surface area contributed by atoms with E-state index in [0.717, 1.165) is 11.1 Å². The van der Waals surface area contributed by atoms with Gasteiger partial charge in [-0.3, -0.25) is 9.59 Å². The van der Waals surface area contributed by atoms with Gasteiger partial charge in [-0.1, -0.05) is 60.9 Å². The summed E-state index contributed by atoms with van der Waals surface area (Å²) in [4.78, 5) is 22.9. The zero-order valence-electron chi connectivity index (χ0n) is 11.8. The molecule has 2 nitrogen and oxygen atoms in total. The van der Waals surface area contributed by atoms with Crippen LogP contribution < -0.4 is 0 Å². The molecule has 20 heavy (non-hydrogen) atoms. The predicted molar refractivity (Wildman–Crippen MR) is 88.7 cm³/mol. The van der Waals surface area contributed by atoms with Crippen molar-refractivity contribution < 1.29 is 9.59 Å². The summed E-state index contributed by atoms with van der Waals surface area (Å²) in [5, 5.41) is 0.0494. The Morgan fingerprint density at radius 2 is 1.15 bits per heavy atom. The van der Waals surface area contributed by atoms with Crippen molar-refractivity contribution in [3.63, 3.8) is 0 Å². The lowest BCUT2D eigenvalue weighted by Gasteiger charge is -2.04. The van der Waals surface area contributed by atoms with Gasteiger partial charge in [0.15, 0.2) is 0 Å². The number of thioether (sulfide) groups is 2. The van der Waals surface area contributed by atoms with Crippen LogP contribution in [0.2, 0.25) is 0 Å². The van der Waals surface area contributed by atoms with Gasteiger partial charge in [0.1, 0.15) is 0 Å². The predicted octanol–water partition coefficient (Wildman–Crippen LogP) is 4.36. The molecular weight excluding hydrogens is 288 g/mol. The van der Waals surface area contributed by atoms with Crippen molar-refractivity contribution in [1.82, 2.24) is 0 Å². The molecular formula is C16H18O2S2. The quantitative estimate of drug-likeness (QED) is 0.731. The molecule has 106 valence electrons. The van der Waals surface area contributed by atoms with Crippen LogP contribution in [0.15, 0.2) is 48.6 Å². The van der Waals surface area contributed by atoms with Crippen LogP contribution in [-0.2, 0) is 21.1 Å². The van der Waals surface area contributed by atoms with Crippen molar-refractivity contribution in [2.45, 2.75) is 25.4 Å². The molecule has 0 aromatic heterocycles. The normalized spacial score (nSPS) is 10.1. The fourth-order valence-electron chi connectivity index (χ4n) is 1.28. The Labute approximate surface area is 128 Å². The lowest BCUT2D eigenvalue weighted by Crippen LogP contribution is -1.94. The molecule has 0 aliphatic carbocycles. The standard InChI is InChI=1S/C16H18O2S2/c1-11(2)15(17)19-9-13-5-7-14(8-6-13)10-20-16(18)12(3)4/h5-8H,1,3,9-10H2,2,4H3. The second-order valence-corrected chi connectivity index (χ2v) is 6.43. The van der Waals surface area contributed by atoms with Crippen molar-refractivity contribution in [3.05, 3.63) is 59.7 Å². The van der Waals surface area contributed by atoms with Gasteiger partial charge in [0.25, 0.3) is 0 Å². The number of hydrogen-bond acceptors (Lipinski definition) is 4. The highest BCUT2D eigenvalue weighted by Crippen LogP contribution is 2.20. The summed E-state index contributed by atoms with van der Waals surface area (Å²) < 4.78 is 0. The molecule has 0 spiro atoms. The third-order valence-electron chi connectivity index (χ3n) is 2.46. The van der Waals surface area contributed by atoms with Gasteiger partial charge in [-0.15, -0.1) is 0 Å². The monoisotopic (exact) mass is 306 g/mol. The first kappa shape index (κ1) is 16.8. The Bertz CT molecular complexity index is 481. The first-order valence-electron chi connectivity index (χ1n) is 6.13. The summed E-state index contributed by atoms with van der Waals surface area (Å²) in [5.41, 5.74) is 3.32. The Kier molecular flexibility index (Phi) is 6.82. The van der Waals surface area contributed by atoms with Crippen LogP contribution in [0, 0.1) is 0 Å². The van der Waals surface area contributed by atoms with Crippen LogP contribution in [0.4, 0.5) is 0 Å². The van der Waals surface area contributed by atoms with Crippen LogP contribution in [-0.4, -0.2) is 10.2 Å². The van der Waals surface area contributed by atoms with Gasteiger partial charge in [0, 0.05) is 11.5 Å². The summed E-state index contributed by atoms with van der Waals surface area (Å²) >= 11 is 2.51. The van der Waals surface area contributed by atoms with Gasteiger partial charge < -0.3 is 0 Å². The van der Waals surface area contributed by atoms with E-state index in [0.29, 0.717) is 22.7 Å². The van der Waals surface area contributed by atoms with Gasteiger partial charge in [-0.25, -0.2) is 0 Å². The van der Waals surface area contributed by atoms with Gasteiger partial charge in [-0.05, 0) is 36.1 Å². The van der Waals surface area contributed by atoms with E-state index in [1.54, 1.807) is 13.8 Å². The Balaban J connectivity index is 2.48. The average molecular weight is 306 g/mol. The van der Waals surface area contributed by atoms with Crippen molar-refractivity contribution >= 4 is 33.8 Å². The first-order valence-corrected chi connectivity index (χ1v) is 8.10. The van der Waals surface area contributed by atoms with E-state index in [-0.39, 0.29) is 10.2 Å². The minimum absolute atomic E-state index is 0.0247. The smallest absolute Gasteiger partial charge is 0.214 e. The number of carbonyl (C=O) groups excluding carboxylic acids is 2. The molecule has 0 radical (unpaired) electrons. The molecule has 0 heterocycles. The molecule has 1 aromatic carbocycles. The van der Waals surface area contributed by atoms with E-state index in [1.165, 1.54) is 23.5 Å². The molecule has 0 saturated heterocycles. The molecule has 0 saturated carbocycles. The lowest BCUT2D eigenvalue weighted by molar-refractivity contribution is -0.108. The zero-order chi connectivity index (χ0) is 15.1. The molecule has 1 aromatic rings. The number of benzene rings is 1. The zero-order valence-corrected chi connectivity index (χ0v) is 13.4. The topological polar surface area (TPSA) is 34.1 Å². The maximum atomic E-state index is 11.4. The third kappa shape index (κ3) is 5.80. The van der Waals surface area contributed by atoms with Crippen LogP contribution in [0.25, 0.3) is 0 Å². The fourth-order valence-corrected chi connectivity index (χ4v) is 2.75. The third-order valence-corrected chi connectivity index (χ3v) is 4.64. The number of hydrogen-bond donors (Lipinski definition) is 0. The lowest BCUT2D eigenvalue weighted by atomic mass is 10.2. The van der Waals surface area contributed by atoms with E-state index in [2.05, 4.69) is 13.2 Å². The summed E-state index contributed by atoms with van der Waals surface area (Å²) in [6.45, 7) is 10.7. The average Bonchev–Trinajstić information content (AvgIpc) is 2.42. The van der Waals surface area contributed by atoms with Gasteiger partial charge >= 0.3 is 0 Å². The Hall–Kier alpha value is -1.26. The fraction of sp³-hybridized carbons (Fsp3) is 0.250. The molecule has 0 aliphatic heterocycles. The molecule has 1 rings (SSSR count). The van der Waals surface area contributed by atoms with Crippen molar-refractivity contribution in [3.8, 4) is 0 Å². The van der Waals surface area contributed by atoms with Crippen molar-refractivity contribution in [1.29, 1.82) is 0 Å². The second-order valence-electron chi connectivity index (χ2n) is 4.53. The number of carbonyl (C=O) groups is 2. The minimum atomic E-state index is 0.0247.